The number of ether oxygens (including phenoxy) is 2. The molecule has 2 aromatic rings. The summed E-state index contributed by atoms with van der Waals surface area (Å²) in [6.07, 6.45) is -1.13. The van der Waals surface area contributed by atoms with Crippen LogP contribution in [-0.2, 0) is 0 Å². The molecule has 0 aliphatic rings. The number of rotatable bonds is 5. The third-order valence-electron chi connectivity index (χ3n) is 3.02. The van der Waals surface area contributed by atoms with Gasteiger partial charge in [0.15, 0.2) is 23.1 Å². The van der Waals surface area contributed by atoms with Crippen LogP contribution in [0.15, 0.2) is 36.4 Å². The number of nitrogens with zero attached hydrogens (tertiary/aromatic N) is 1. The lowest BCUT2D eigenvalue weighted by Gasteiger charge is -2.14. The van der Waals surface area contributed by atoms with Gasteiger partial charge in [-0.3, -0.25) is 0 Å². The van der Waals surface area contributed by atoms with Crippen LogP contribution >= 0.6 is 0 Å². The highest BCUT2D eigenvalue weighted by atomic mass is 19.1. The van der Waals surface area contributed by atoms with E-state index in [0.29, 0.717) is 0 Å². The van der Waals surface area contributed by atoms with Crippen molar-refractivity contribution < 1.29 is 23.4 Å². The monoisotopic (exact) mass is 305 g/mol. The molecule has 0 aliphatic carbocycles. The number of halogens is 2. The summed E-state index contributed by atoms with van der Waals surface area (Å²) in [6, 6.07) is 9.55. The van der Waals surface area contributed by atoms with Crippen LogP contribution in [0.1, 0.15) is 17.2 Å². The Bertz CT molecular complexity index is 713. The smallest absolute Gasteiger partial charge is 0.166 e. The second-order valence-corrected chi connectivity index (χ2v) is 4.48. The highest BCUT2D eigenvalue weighted by molar-refractivity contribution is 5.36. The van der Waals surface area contributed by atoms with Crippen LogP contribution in [0, 0.1) is 23.0 Å². The summed E-state index contributed by atoms with van der Waals surface area (Å²) in [6.45, 7) is -0.255. The van der Waals surface area contributed by atoms with Gasteiger partial charge in [0.2, 0.25) is 0 Å². The fraction of sp³-hybridized carbons (Fsp3) is 0.188. The molecule has 0 bridgehead atoms. The van der Waals surface area contributed by atoms with Crippen molar-refractivity contribution in [2.45, 2.75) is 6.10 Å². The Kier molecular flexibility index (Phi) is 4.92. The average Bonchev–Trinajstić information content (AvgIpc) is 2.53. The molecule has 0 saturated carbocycles. The van der Waals surface area contributed by atoms with Crippen LogP contribution in [0.5, 0.6) is 11.5 Å². The minimum Gasteiger partial charge on any atom is -0.494 e. The molecule has 0 spiro atoms. The van der Waals surface area contributed by atoms with Crippen molar-refractivity contribution in [1.82, 2.24) is 0 Å². The molecule has 0 radical (unpaired) electrons. The van der Waals surface area contributed by atoms with Gasteiger partial charge in [0.25, 0.3) is 0 Å². The van der Waals surface area contributed by atoms with Crippen molar-refractivity contribution >= 4 is 0 Å². The third kappa shape index (κ3) is 3.51. The molecule has 22 heavy (non-hydrogen) atoms. The molecule has 0 saturated heterocycles. The van der Waals surface area contributed by atoms with Crippen LogP contribution in [0.4, 0.5) is 8.78 Å². The van der Waals surface area contributed by atoms with Gasteiger partial charge < -0.3 is 14.6 Å². The molecule has 0 heterocycles. The molecule has 1 atom stereocenters. The van der Waals surface area contributed by atoms with E-state index in [-0.39, 0.29) is 29.2 Å². The van der Waals surface area contributed by atoms with E-state index < -0.39 is 17.7 Å². The predicted octanol–water partition coefficient (Wildman–Crippen LogP) is 2.96. The number of hydrogen-bond acceptors (Lipinski definition) is 4. The zero-order valence-corrected chi connectivity index (χ0v) is 11.7. The van der Waals surface area contributed by atoms with Gasteiger partial charge in [-0.15, -0.1) is 0 Å². The normalized spacial score (nSPS) is 11.6. The van der Waals surface area contributed by atoms with Crippen molar-refractivity contribution in [3.05, 3.63) is 59.2 Å². The Hall–Kier alpha value is -2.65. The molecular weight excluding hydrogens is 292 g/mol. The quantitative estimate of drug-likeness (QED) is 0.922. The fourth-order valence-electron chi connectivity index (χ4n) is 1.84. The van der Waals surface area contributed by atoms with Crippen molar-refractivity contribution in [3.63, 3.8) is 0 Å². The third-order valence-corrected chi connectivity index (χ3v) is 3.02. The maximum Gasteiger partial charge on any atom is 0.166 e. The van der Waals surface area contributed by atoms with Crippen molar-refractivity contribution in [2.24, 2.45) is 0 Å². The van der Waals surface area contributed by atoms with E-state index in [9.17, 15) is 13.9 Å². The molecule has 1 N–H and O–H groups in total. The lowest BCUT2D eigenvalue weighted by molar-refractivity contribution is 0.105. The number of aliphatic hydroxyl groups excluding tert-OH is 1. The standard InChI is InChI=1S/C16H13F2NO3/c1-21-15-5-3-11(7-13(15)18)14(20)9-22-16-4-2-10(8-19)6-12(16)17/h2-7,14,20H,9H2,1H3. The predicted molar refractivity (Wildman–Crippen MR) is 74.5 cm³/mol. The number of aliphatic hydroxyl groups is 1. The number of nitriles is 1. The van der Waals surface area contributed by atoms with Gasteiger partial charge in [0.1, 0.15) is 12.7 Å². The maximum atomic E-state index is 13.6. The summed E-state index contributed by atoms with van der Waals surface area (Å²) >= 11 is 0. The first-order chi connectivity index (χ1) is 10.5. The summed E-state index contributed by atoms with van der Waals surface area (Å²) in [5, 5.41) is 18.6. The Morgan fingerprint density at radius 2 is 1.82 bits per heavy atom. The van der Waals surface area contributed by atoms with Gasteiger partial charge in [-0.25, -0.2) is 8.78 Å². The van der Waals surface area contributed by atoms with E-state index in [1.165, 1.54) is 31.4 Å². The molecule has 4 nitrogen and oxygen atoms in total. The van der Waals surface area contributed by atoms with Gasteiger partial charge in [-0.05, 0) is 35.9 Å². The zero-order chi connectivity index (χ0) is 16.1. The Labute approximate surface area is 126 Å². The summed E-state index contributed by atoms with van der Waals surface area (Å²) in [4.78, 5) is 0. The fourth-order valence-corrected chi connectivity index (χ4v) is 1.84. The highest BCUT2D eigenvalue weighted by Crippen LogP contribution is 2.24. The topological polar surface area (TPSA) is 62.5 Å². The maximum absolute atomic E-state index is 13.6. The first kappa shape index (κ1) is 15.7. The number of hydrogen-bond donors (Lipinski definition) is 1. The molecule has 1 unspecified atom stereocenters. The van der Waals surface area contributed by atoms with E-state index in [4.69, 9.17) is 14.7 Å². The zero-order valence-electron chi connectivity index (χ0n) is 11.7. The molecule has 114 valence electrons. The molecule has 0 fully saturated rings. The van der Waals surface area contributed by atoms with Gasteiger partial charge >= 0.3 is 0 Å². The Morgan fingerprint density at radius 1 is 1.14 bits per heavy atom. The van der Waals surface area contributed by atoms with E-state index in [1.54, 1.807) is 6.07 Å². The van der Waals surface area contributed by atoms with Crippen molar-refractivity contribution in [3.8, 4) is 17.6 Å². The average molecular weight is 305 g/mol. The number of benzene rings is 2. The lowest BCUT2D eigenvalue weighted by atomic mass is 10.1. The van der Waals surface area contributed by atoms with Crippen LogP contribution in [0.3, 0.4) is 0 Å². The molecule has 0 amide bonds. The molecular formula is C16H13F2NO3. The molecule has 6 heteroatoms. The Balaban J connectivity index is 2.05. The number of methoxy groups -OCH3 is 1. The van der Waals surface area contributed by atoms with Crippen molar-refractivity contribution in [1.29, 1.82) is 5.26 Å². The van der Waals surface area contributed by atoms with Crippen molar-refractivity contribution in [2.75, 3.05) is 13.7 Å². The van der Waals surface area contributed by atoms with Crippen LogP contribution in [0.25, 0.3) is 0 Å². The van der Waals surface area contributed by atoms with Crippen LogP contribution in [0.2, 0.25) is 0 Å². The van der Waals surface area contributed by atoms with Gasteiger partial charge in [0, 0.05) is 0 Å². The summed E-state index contributed by atoms with van der Waals surface area (Å²) in [5.41, 5.74) is 0.454. The van der Waals surface area contributed by atoms with Crippen LogP contribution < -0.4 is 9.47 Å². The van der Waals surface area contributed by atoms with E-state index in [2.05, 4.69) is 0 Å². The van der Waals surface area contributed by atoms with E-state index in [1.807, 2.05) is 0 Å². The summed E-state index contributed by atoms with van der Waals surface area (Å²) < 4.78 is 37.1. The van der Waals surface area contributed by atoms with Gasteiger partial charge in [-0.1, -0.05) is 6.07 Å². The van der Waals surface area contributed by atoms with E-state index in [0.717, 1.165) is 12.1 Å². The SMILES string of the molecule is COc1ccc(C(O)COc2ccc(C#N)cc2F)cc1F. The first-order valence-corrected chi connectivity index (χ1v) is 6.39. The largest absolute Gasteiger partial charge is 0.494 e. The molecule has 0 aliphatic heterocycles. The molecule has 2 aromatic carbocycles. The first-order valence-electron chi connectivity index (χ1n) is 6.39. The Morgan fingerprint density at radius 3 is 2.41 bits per heavy atom. The van der Waals surface area contributed by atoms with Crippen LogP contribution in [-0.4, -0.2) is 18.8 Å². The molecule has 2 rings (SSSR count). The second-order valence-electron chi connectivity index (χ2n) is 4.48. The van der Waals surface area contributed by atoms with Gasteiger partial charge in [0.05, 0.1) is 18.7 Å². The lowest BCUT2D eigenvalue weighted by Crippen LogP contribution is -2.11. The summed E-state index contributed by atoms with van der Waals surface area (Å²) in [5.74, 6) is -1.34. The minimum atomic E-state index is -1.13. The molecule has 0 aromatic heterocycles. The van der Waals surface area contributed by atoms with E-state index >= 15 is 0 Å². The summed E-state index contributed by atoms with van der Waals surface area (Å²) in [7, 11) is 1.34. The highest BCUT2D eigenvalue weighted by Gasteiger charge is 2.13. The second kappa shape index (κ2) is 6.87. The minimum absolute atomic E-state index is 0.0648. The van der Waals surface area contributed by atoms with Gasteiger partial charge in [-0.2, -0.15) is 5.26 Å².